The molecule has 1 aliphatic heterocycles. The lowest BCUT2D eigenvalue weighted by Gasteiger charge is -2.33. The Morgan fingerprint density at radius 2 is 1.42 bits per heavy atom. The summed E-state index contributed by atoms with van der Waals surface area (Å²) in [5.74, 6) is 0.620. The van der Waals surface area contributed by atoms with Crippen LogP contribution in [0.4, 0.5) is 4.79 Å². The molecule has 1 heterocycles. The summed E-state index contributed by atoms with van der Waals surface area (Å²) in [6, 6.07) is 30.0. The Kier molecular flexibility index (Phi) is 12.6. The summed E-state index contributed by atoms with van der Waals surface area (Å²) in [6.07, 6.45) is 1.72. The van der Waals surface area contributed by atoms with Crippen molar-refractivity contribution in [1.29, 1.82) is 0 Å². The van der Waals surface area contributed by atoms with E-state index in [0.717, 1.165) is 52.9 Å². The number of nitrogens with zero attached hydrogens (tertiary/aromatic N) is 2. The molecule has 4 aromatic rings. The van der Waals surface area contributed by atoms with Crippen LogP contribution in [0.1, 0.15) is 120 Å². The Bertz CT molecular complexity index is 2080. The summed E-state index contributed by atoms with van der Waals surface area (Å²) in [4.78, 5) is 35.3. The Balaban J connectivity index is 1.37. The van der Waals surface area contributed by atoms with Gasteiger partial charge in [0.25, 0.3) is 0 Å². The third-order valence-electron chi connectivity index (χ3n) is 11.0. The average molecular weight is 771 g/mol. The molecule has 0 saturated heterocycles. The molecule has 1 atom stereocenters. The number of methoxy groups -OCH3 is 1. The highest BCUT2D eigenvalue weighted by Crippen LogP contribution is 2.48. The van der Waals surface area contributed by atoms with Gasteiger partial charge < -0.3 is 23.8 Å². The lowest BCUT2D eigenvalue weighted by atomic mass is 9.83. The van der Waals surface area contributed by atoms with E-state index in [2.05, 4.69) is 89.8 Å². The van der Waals surface area contributed by atoms with Gasteiger partial charge in [-0.3, -0.25) is 4.99 Å². The zero-order chi connectivity index (χ0) is 40.9. The van der Waals surface area contributed by atoms with Crippen molar-refractivity contribution in [2.45, 2.75) is 97.4 Å². The fraction of sp³-hybridized carbons (Fsp3) is 0.408. The number of carbonyl (C=O) groups is 2. The molecule has 2 aliphatic rings. The maximum absolute atomic E-state index is 14.4. The van der Waals surface area contributed by atoms with Gasteiger partial charge in [0.2, 0.25) is 0 Å². The monoisotopic (exact) mass is 770 g/mol. The molecular weight excluding hydrogens is 713 g/mol. The molecule has 8 heteroatoms. The highest BCUT2D eigenvalue weighted by Gasteiger charge is 2.39. The van der Waals surface area contributed by atoms with Gasteiger partial charge in [-0.15, -0.1) is 0 Å². The van der Waals surface area contributed by atoms with Gasteiger partial charge in [0.1, 0.15) is 29.5 Å². The Morgan fingerprint density at radius 3 is 2.02 bits per heavy atom. The van der Waals surface area contributed by atoms with Gasteiger partial charge in [0.15, 0.2) is 0 Å². The van der Waals surface area contributed by atoms with E-state index in [-0.39, 0.29) is 41.3 Å². The van der Waals surface area contributed by atoms with E-state index < -0.39 is 18.2 Å². The standard InChI is InChI=1S/C49H58N2O6/c1-10-11-17-28-55-46(52)43(44(38-20-15-16-21-42(38)54-9)51-27-26-50-45(51)33-18-13-12-14-19-33)32(2)57-47(53)56-31-41-39-29-34(48(3,4)5)22-24-36(39)37-25-23-35(30-40(37)41)49(6,7)8/h12-16,18-25,29-30,41,44H,10-11,17,26-28,31H2,1-9H3. The number of esters is 1. The highest BCUT2D eigenvalue weighted by molar-refractivity contribution is 6.01. The van der Waals surface area contributed by atoms with Crippen molar-refractivity contribution < 1.29 is 28.5 Å². The van der Waals surface area contributed by atoms with Gasteiger partial charge in [-0.25, -0.2) is 9.59 Å². The molecular formula is C49H58N2O6. The Morgan fingerprint density at radius 1 is 0.807 bits per heavy atom. The van der Waals surface area contributed by atoms with Crippen molar-refractivity contribution in [2.75, 3.05) is 33.4 Å². The van der Waals surface area contributed by atoms with E-state index in [0.29, 0.717) is 24.4 Å². The van der Waals surface area contributed by atoms with E-state index in [1.54, 1.807) is 14.0 Å². The Labute approximate surface area is 338 Å². The first kappa shape index (κ1) is 41.3. The fourth-order valence-electron chi connectivity index (χ4n) is 7.80. The second-order valence-corrected chi connectivity index (χ2v) is 17.0. The second kappa shape index (κ2) is 17.4. The van der Waals surface area contributed by atoms with Crippen molar-refractivity contribution >= 4 is 18.0 Å². The number of benzene rings is 4. The largest absolute Gasteiger partial charge is 0.513 e. The van der Waals surface area contributed by atoms with Crippen molar-refractivity contribution in [2.24, 2.45) is 4.99 Å². The number of rotatable bonds is 13. The molecule has 4 aromatic carbocycles. The van der Waals surface area contributed by atoms with E-state index in [9.17, 15) is 9.59 Å². The molecule has 0 N–H and O–H groups in total. The van der Waals surface area contributed by atoms with E-state index in [4.69, 9.17) is 23.9 Å². The second-order valence-electron chi connectivity index (χ2n) is 17.0. The first-order valence-electron chi connectivity index (χ1n) is 20.2. The molecule has 300 valence electrons. The summed E-state index contributed by atoms with van der Waals surface area (Å²) in [7, 11) is 1.60. The molecule has 0 aromatic heterocycles. The number of para-hydroxylation sites is 1. The molecule has 57 heavy (non-hydrogen) atoms. The molecule has 0 spiro atoms. The highest BCUT2D eigenvalue weighted by atomic mass is 16.7. The van der Waals surface area contributed by atoms with Crippen LogP contribution in [0.25, 0.3) is 11.1 Å². The molecule has 1 aliphatic carbocycles. The predicted molar refractivity (Wildman–Crippen MR) is 227 cm³/mol. The van der Waals surface area contributed by atoms with E-state index in [1.807, 2.05) is 54.6 Å². The number of unbranched alkanes of at least 4 members (excludes halogenated alkanes) is 2. The molecule has 0 fully saturated rings. The minimum Gasteiger partial charge on any atom is -0.496 e. The third-order valence-corrected chi connectivity index (χ3v) is 11.0. The molecule has 0 saturated carbocycles. The first-order chi connectivity index (χ1) is 27.2. The van der Waals surface area contributed by atoms with Gasteiger partial charge >= 0.3 is 12.1 Å². The zero-order valence-electron chi connectivity index (χ0n) is 35.1. The molecule has 0 bridgehead atoms. The molecule has 1 unspecified atom stereocenters. The molecule has 6 rings (SSSR count). The smallest absolute Gasteiger partial charge is 0.496 e. The van der Waals surface area contributed by atoms with Crippen molar-refractivity contribution in [1.82, 2.24) is 4.90 Å². The van der Waals surface area contributed by atoms with Crippen LogP contribution in [0.3, 0.4) is 0 Å². The summed E-state index contributed by atoms with van der Waals surface area (Å²) < 4.78 is 23.9. The molecule has 8 nitrogen and oxygen atoms in total. The van der Waals surface area contributed by atoms with Gasteiger partial charge in [-0.1, -0.05) is 146 Å². The maximum atomic E-state index is 14.4. The third kappa shape index (κ3) is 9.11. The summed E-state index contributed by atoms with van der Waals surface area (Å²) in [5.41, 5.74) is 8.63. The number of fused-ring (bicyclic) bond motifs is 3. The van der Waals surface area contributed by atoms with Gasteiger partial charge in [-0.05, 0) is 63.6 Å². The number of ether oxygens (including phenoxy) is 4. The lowest BCUT2D eigenvalue weighted by molar-refractivity contribution is -0.140. The number of aliphatic imine (C=N–C) groups is 1. The van der Waals surface area contributed by atoms with Gasteiger partial charge in [0, 0.05) is 23.6 Å². The topological polar surface area (TPSA) is 86.7 Å². The first-order valence-corrected chi connectivity index (χ1v) is 20.2. The van der Waals surface area contributed by atoms with E-state index in [1.165, 1.54) is 11.1 Å². The van der Waals surface area contributed by atoms with Crippen molar-refractivity contribution in [3.05, 3.63) is 136 Å². The average Bonchev–Trinajstić information content (AvgIpc) is 3.79. The molecule has 0 amide bonds. The molecule has 0 radical (unpaired) electrons. The number of hydrogen-bond acceptors (Lipinski definition) is 8. The van der Waals surface area contributed by atoms with Gasteiger partial charge in [-0.2, -0.15) is 0 Å². The minimum absolute atomic E-state index is 0.0629. The zero-order valence-corrected chi connectivity index (χ0v) is 35.1. The van der Waals surface area contributed by atoms with Crippen LogP contribution in [0.15, 0.2) is 107 Å². The van der Waals surface area contributed by atoms with Crippen LogP contribution < -0.4 is 4.74 Å². The van der Waals surface area contributed by atoms with Crippen LogP contribution in [0.5, 0.6) is 5.75 Å². The van der Waals surface area contributed by atoms with Crippen LogP contribution in [-0.4, -0.2) is 56.3 Å². The number of amidine groups is 1. The summed E-state index contributed by atoms with van der Waals surface area (Å²) in [5, 5.41) is 0. The number of hydrogen-bond donors (Lipinski definition) is 0. The summed E-state index contributed by atoms with van der Waals surface area (Å²) in [6.45, 7) is 18.3. The normalized spacial score (nSPS) is 15.0. The van der Waals surface area contributed by atoms with Crippen LogP contribution in [-0.2, 0) is 29.8 Å². The quantitative estimate of drug-likeness (QED) is 0.0579. The number of carbonyl (C=O) groups excluding carboxylic acids is 2. The van der Waals surface area contributed by atoms with Crippen molar-refractivity contribution in [3.8, 4) is 16.9 Å². The number of allylic oxidation sites excluding steroid dienone is 1. The van der Waals surface area contributed by atoms with Crippen LogP contribution >= 0.6 is 0 Å². The SMILES string of the molecule is CCCCCOC(=O)C(=C(C)OC(=O)OCC1c2cc(C(C)(C)C)ccc2-c2ccc(C(C)(C)C)cc21)C(c1ccccc1OC)N1CCN=C1c1ccccc1. The summed E-state index contributed by atoms with van der Waals surface area (Å²) >= 11 is 0. The van der Waals surface area contributed by atoms with Crippen LogP contribution in [0.2, 0.25) is 0 Å². The van der Waals surface area contributed by atoms with Crippen LogP contribution in [0, 0.1) is 0 Å². The maximum Gasteiger partial charge on any atom is 0.513 e. The van der Waals surface area contributed by atoms with Crippen molar-refractivity contribution in [3.63, 3.8) is 0 Å². The lowest BCUT2D eigenvalue weighted by Crippen LogP contribution is -2.37. The van der Waals surface area contributed by atoms with Gasteiger partial charge in [0.05, 0.1) is 26.3 Å². The fourth-order valence-corrected chi connectivity index (χ4v) is 7.80. The minimum atomic E-state index is -0.894. The van der Waals surface area contributed by atoms with E-state index >= 15 is 0 Å². The predicted octanol–water partition coefficient (Wildman–Crippen LogP) is 11.1. The Hall–Kier alpha value is -5.37.